The van der Waals surface area contributed by atoms with Crippen LogP contribution in [0.2, 0.25) is 0 Å². The highest BCUT2D eigenvalue weighted by atomic mass is 15.0. The van der Waals surface area contributed by atoms with Crippen molar-refractivity contribution in [2.45, 2.75) is 26.2 Å². The van der Waals surface area contributed by atoms with Gasteiger partial charge in [-0.05, 0) is 32.4 Å². The van der Waals surface area contributed by atoms with Gasteiger partial charge >= 0.3 is 0 Å². The largest absolute Gasteiger partial charge is 0.338 e. The maximum atomic E-state index is 4.08. The molecule has 0 aliphatic heterocycles. The number of unbranched alkanes of at least 4 members (excludes halogenated alkanes) is 1. The molecule has 1 heterocycles. The molecule has 0 aliphatic carbocycles. The Bertz CT molecular complexity index is 230. The van der Waals surface area contributed by atoms with Crippen LogP contribution in [0.1, 0.15) is 25.5 Å². The fourth-order valence-electron chi connectivity index (χ4n) is 1.36. The Morgan fingerprint density at radius 1 is 1.46 bits per heavy atom. The van der Waals surface area contributed by atoms with Crippen LogP contribution >= 0.6 is 0 Å². The Balaban J connectivity index is 2.10. The number of aromatic nitrogens is 2. The first-order valence-corrected chi connectivity index (χ1v) is 5.00. The lowest BCUT2D eigenvalue weighted by Crippen LogP contribution is -2.14. The highest BCUT2D eigenvalue weighted by Gasteiger charge is 1.96. The normalized spacial score (nSPS) is 10.6. The van der Waals surface area contributed by atoms with Crippen LogP contribution in [0.25, 0.3) is 0 Å². The highest BCUT2D eigenvalue weighted by molar-refractivity contribution is 4.97. The van der Waals surface area contributed by atoms with Gasteiger partial charge in [0.2, 0.25) is 0 Å². The molecular formula is C10H19N3. The molecule has 3 heteroatoms. The van der Waals surface area contributed by atoms with Crippen LogP contribution in [0.5, 0.6) is 0 Å². The highest BCUT2D eigenvalue weighted by Crippen LogP contribution is 2.02. The summed E-state index contributed by atoms with van der Waals surface area (Å²) in [5.41, 5.74) is 1.33. The minimum absolute atomic E-state index is 1.08. The molecule has 3 nitrogen and oxygen atoms in total. The SMILES string of the molecule is CCNCCCCc1cncn1C. The van der Waals surface area contributed by atoms with Gasteiger partial charge in [0, 0.05) is 18.9 Å². The summed E-state index contributed by atoms with van der Waals surface area (Å²) in [5, 5.41) is 3.32. The first kappa shape index (κ1) is 10.3. The van der Waals surface area contributed by atoms with Crippen LogP contribution in [-0.2, 0) is 13.5 Å². The fraction of sp³-hybridized carbons (Fsp3) is 0.700. The zero-order valence-corrected chi connectivity index (χ0v) is 8.58. The van der Waals surface area contributed by atoms with Crippen LogP contribution in [0.15, 0.2) is 12.5 Å². The van der Waals surface area contributed by atoms with Gasteiger partial charge in [-0.2, -0.15) is 0 Å². The van der Waals surface area contributed by atoms with Crippen molar-refractivity contribution in [3.05, 3.63) is 18.2 Å². The summed E-state index contributed by atoms with van der Waals surface area (Å²) >= 11 is 0. The summed E-state index contributed by atoms with van der Waals surface area (Å²) in [5.74, 6) is 0. The van der Waals surface area contributed by atoms with E-state index in [9.17, 15) is 0 Å². The molecule has 0 saturated carbocycles. The van der Waals surface area contributed by atoms with E-state index in [0.29, 0.717) is 0 Å². The number of nitrogens with zero attached hydrogens (tertiary/aromatic N) is 2. The monoisotopic (exact) mass is 181 g/mol. The van der Waals surface area contributed by atoms with E-state index < -0.39 is 0 Å². The molecule has 1 rings (SSSR count). The fourth-order valence-corrected chi connectivity index (χ4v) is 1.36. The van der Waals surface area contributed by atoms with E-state index in [0.717, 1.165) is 19.5 Å². The van der Waals surface area contributed by atoms with E-state index >= 15 is 0 Å². The number of hydrogen-bond donors (Lipinski definition) is 1. The molecular weight excluding hydrogens is 162 g/mol. The van der Waals surface area contributed by atoms with Crippen LogP contribution in [0, 0.1) is 0 Å². The third-order valence-corrected chi connectivity index (χ3v) is 2.20. The molecule has 0 fully saturated rings. The molecule has 13 heavy (non-hydrogen) atoms. The van der Waals surface area contributed by atoms with Crippen LogP contribution < -0.4 is 5.32 Å². The molecule has 0 radical (unpaired) electrons. The Kier molecular flexibility index (Phi) is 4.54. The first-order chi connectivity index (χ1) is 6.34. The van der Waals surface area contributed by atoms with Crippen molar-refractivity contribution in [3.63, 3.8) is 0 Å². The second-order valence-corrected chi connectivity index (χ2v) is 3.31. The maximum absolute atomic E-state index is 4.08. The summed E-state index contributed by atoms with van der Waals surface area (Å²) in [6.07, 6.45) is 7.44. The first-order valence-electron chi connectivity index (χ1n) is 5.00. The quantitative estimate of drug-likeness (QED) is 0.671. The molecule has 0 atom stereocenters. The summed E-state index contributed by atoms with van der Waals surface area (Å²) in [6.45, 7) is 4.35. The predicted octanol–water partition coefficient (Wildman–Crippen LogP) is 1.35. The second kappa shape index (κ2) is 5.75. The van der Waals surface area contributed by atoms with Gasteiger partial charge in [-0.3, -0.25) is 0 Å². The minimum atomic E-state index is 1.08. The van der Waals surface area contributed by atoms with E-state index in [2.05, 4.69) is 21.8 Å². The molecule has 1 N–H and O–H groups in total. The number of hydrogen-bond acceptors (Lipinski definition) is 2. The van der Waals surface area contributed by atoms with Gasteiger partial charge in [-0.1, -0.05) is 6.92 Å². The Morgan fingerprint density at radius 3 is 2.92 bits per heavy atom. The van der Waals surface area contributed by atoms with Crippen molar-refractivity contribution < 1.29 is 0 Å². The van der Waals surface area contributed by atoms with Crippen molar-refractivity contribution >= 4 is 0 Å². The van der Waals surface area contributed by atoms with Crippen molar-refractivity contribution in [1.82, 2.24) is 14.9 Å². The van der Waals surface area contributed by atoms with Gasteiger partial charge in [0.05, 0.1) is 6.33 Å². The Labute approximate surface area is 80.2 Å². The molecule has 0 amide bonds. The van der Waals surface area contributed by atoms with E-state index in [1.807, 2.05) is 19.6 Å². The molecule has 0 spiro atoms. The molecule has 1 aromatic rings. The molecule has 0 aromatic carbocycles. The van der Waals surface area contributed by atoms with Crippen molar-refractivity contribution in [2.75, 3.05) is 13.1 Å². The van der Waals surface area contributed by atoms with Crippen molar-refractivity contribution in [1.29, 1.82) is 0 Å². The average Bonchev–Trinajstić information content (AvgIpc) is 2.52. The standard InChI is InChI=1S/C10H19N3/c1-3-11-7-5-4-6-10-8-12-9-13(10)2/h8-9,11H,3-7H2,1-2H3. The topological polar surface area (TPSA) is 29.9 Å². The van der Waals surface area contributed by atoms with Crippen molar-refractivity contribution in [2.24, 2.45) is 7.05 Å². The summed E-state index contributed by atoms with van der Waals surface area (Å²) in [4.78, 5) is 4.08. The third-order valence-electron chi connectivity index (χ3n) is 2.20. The smallest absolute Gasteiger partial charge is 0.0945 e. The van der Waals surface area contributed by atoms with Crippen LogP contribution in [-0.4, -0.2) is 22.6 Å². The number of aryl methyl sites for hydroxylation is 2. The Morgan fingerprint density at radius 2 is 2.31 bits per heavy atom. The molecule has 1 aromatic heterocycles. The molecule has 0 aliphatic rings. The minimum Gasteiger partial charge on any atom is -0.338 e. The predicted molar refractivity (Wildman–Crippen MR) is 54.7 cm³/mol. The van der Waals surface area contributed by atoms with Gasteiger partial charge in [-0.25, -0.2) is 4.98 Å². The lowest BCUT2D eigenvalue weighted by molar-refractivity contribution is 0.629. The maximum Gasteiger partial charge on any atom is 0.0945 e. The van der Waals surface area contributed by atoms with Gasteiger partial charge in [0.1, 0.15) is 0 Å². The summed E-state index contributed by atoms with van der Waals surface area (Å²) in [6, 6.07) is 0. The van der Waals surface area contributed by atoms with Gasteiger partial charge < -0.3 is 9.88 Å². The van der Waals surface area contributed by atoms with E-state index in [4.69, 9.17) is 0 Å². The van der Waals surface area contributed by atoms with Crippen molar-refractivity contribution in [3.8, 4) is 0 Å². The van der Waals surface area contributed by atoms with E-state index in [1.165, 1.54) is 18.5 Å². The number of nitrogens with one attached hydrogen (secondary N) is 1. The third kappa shape index (κ3) is 3.59. The molecule has 0 saturated heterocycles. The van der Waals surface area contributed by atoms with E-state index in [1.54, 1.807) is 0 Å². The summed E-state index contributed by atoms with van der Waals surface area (Å²) in [7, 11) is 2.05. The zero-order chi connectivity index (χ0) is 9.52. The zero-order valence-electron chi connectivity index (χ0n) is 8.58. The molecule has 74 valence electrons. The molecule has 0 unspecified atom stereocenters. The van der Waals surface area contributed by atoms with Gasteiger partial charge in [0.25, 0.3) is 0 Å². The van der Waals surface area contributed by atoms with E-state index in [-0.39, 0.29) is 0 Å². The van der Waals surface area contributed by atoms with Crippen LogP contribution in [0.3, 0.4) is 0 Å². The van der Waals surface area contributed by atoms with Gasteiger partial charge in [0.15, 0.2) is 0 Å². The lowest BCUT2D eigenvalue weighted by Gasteiger charge is -2.02. The Hall–Kier alpha value is -0.830. The lowest BCUT2D eigenvalue weighted by atomic mass is 10.2. The molecule has 0 bridgehead atoms. The number of imidazole rings is 1. The number of rotatable bonds is 6. The second-order valence-electron chi connectivity index (χ2n) is 3.31. The summed E-state index contributed by atoms with van der Waals surface area (Å²) < 4.78 is 2.09. The van der Waals surface area contributed by atoms with Crippen LogP contribution in [0.4, 0.5) is 0 Å². The average molecular weight is 181 g/mol. The van der Waals surface area contributed by atoms with Gasteiger partial charge in [-0.15, -0.1) is 0 Å².